The van der Waals surface area contributed by atoms with Gasteiger partial charge in [-0.15, -0.1) is 0 Å². The van der Waals surface area contributed by atoms with Gasteiger partial charge in [0.2, 0.25) is 0 Å². The fourth-order valence-corrected chi connectivity index (χ4v) is 2.38. The van der Waals surface area contributed by atoms with Crippen molar-refractivity contribution in [3.05, 3.63) is 11.1 Å². The third-order valence-electron chi connectivity index (χ3n) is 2.49. The molecule has 4 nitrogen and oxygen atoms in total. The Kier molecular flexibility index (Phi) is 2.48. The second kappa shape index (κ2) is 3.66. The van der Waals surface area contributed by atoms with Crippen LogP contribution in [0.2, 0.25) is 0 Å². The number of ether oxygens (including phenoxy) is 2. The molecule has 0 fully saturated rings. The van der Waals surface area contributed by atoms with Gasteiger partial charge in [-0.3, -0.25) is 0 Å². The van der Waals surface area contributed by atoms with E-state index in [0.717, 1.165) is 33.7 Å². The molecule has 1 aromatic heterocycles. The molecule has 2 rings (SSSR count). The lowest BCUT2D eigenvalue weighted by Gasteiger charge is -2.13. The van der Waals surface area contributed by atoms with E-state index in [1.165, 1.54) is 11.7 Å². The van der Waals surface area contributed by atoms with Gasteiger partial charge in [-0.05, 0) is 13.8 Å². The molecular weight excluding hydrogens is 212 g/mol. The van der Waals surface area contributed by atoms with E-state index in [1.54, 1.807) is 14.2 Å². The lowest BCUT2D eigenvalue weighted by atomic mass is 10.1. The van der Waals surface area contributed by atoms with Crippen LogP contribution in [0.5, 0.6) is 11.5 Å². The van der Waals surface area contributed by atoms with Crippen LogP contribution in [0.4, 0.5) is 0 Å². The number of hydrogen-bond donors (Lipinski definition) is 0. The first-order valence-electron chi connectivity index (χ1n) is 4.54. The highest BCUT2D eigenvalue weighted by Gasteiger charge is 2.18. The molecule has 0 aliphatic heterocycles. The first-order valence-corrected chi connectivity index (χ1v) is 5.27. The molecule has 0 atom stereocenters. The Morgan fingerprint density at radius 2 is 1.27 bits per heavy atom. The summed E-state index contributed by atoms with van der Waals surface area (Å²) in [6.07, 6.45) is 0. The molecular formula is C10H12N2O2S. The van der Waals surface area contributed by atoms with Crippen LogP contribution in [-0.2, 0) is 0 Å². The minimum absolute atomic E-state index is 0.746. The molecule has 0 amide bonds. The minimum atomic E-state index is 0.746. The van der Waals surface area contributed by atoms with Crippen LogP contribution in [0.3, 0.4) is 0 Å². The predicted octanol–water partition coefficient (Wildman–Crippen LogP) is 2.33. The van der Waals surface area contributed by atoms with Gasteiger partial charge in [0.25, 0.3) is 0 Å². The average Bonchev–Trinajstić information content (AvgIpc) is 2.72. The number of hydrogen-bond acceptors (Lipinski definition) is 5. The van der Waals surface area contributed by atoms with E-state index in [2.05, 4.69) is 8.75 Å². The summed E-state index contributed by atoms with van der Waals surface area (Å²) in [6, 6.07) is 0. The highest BCUT2D eigenvalue weighted by atomic mass is 32.1. The fraction of sp³-hybridized carbons (Fsp3) is 0.400. The monoisotopic (exact) mass is 224 g/mol. The Labute approximate surface area is 92.2 Å². The Bertz CT molecular complexity index is 464. The molecule has 1 heterocycles. The van der Waals surface area contributed by atoms with Crippen LogP contribution in [0.15, 0.2) is 0 Å². The second-order valence-electron chi connectivity index (χ2n) is 3.28. The summed E-state index contributed by atoms with van der Waals surface area (Å²) in [6.45, 7) is 3.93. The van der Waals surface area contributed by atoms with E-state index < -0.39 is 0 Å². The van der Waals surface area contributed by atoms with Gasteiger partial charge in [0, 0.05) is 11.1 Å². The number of fused-ring (bicyclic) bond motifs is 1. The highest BCUT2D eigenvalue weighted by molar-refractivity contribution is 7.00. The Hall–Kier alpha value is -1.36. The van der Waals surface area contributed by atoms with E-state index in [4.69, 9.17) is 9.47 Å². The van der Waals surface area contributed by atoms with Gasteiger partial charge in [-0.1, -0.05) is 0 Å². The molecule has 0 aliphatic carbocycles. The van der Waals surface area contributed by atoms with Crippen molar-refractivity contribution in [2.45, 2.75) is 13.8 Å². The van der Waals surface area contributed by atoms with Crippen molar-refractivity contribution in [1.82, 2.24) is 8.75 Å². The van der Waals surface area contributed by atoms with Gasteiger partial charge in [0.1, 0.15) is 11.0 Å². The topological polar surface area (TPSA) is 44.2 Å². The predicted molar refractivity (Wildman–Crippen MR) is 60.0 cm³/mol. The zero-order chi connectivity index (χ0) is 11.0. The number of aryl methyl sites for hydroxylation is 2. The molecule has 0 saturated heterocycles. The van der Waals surface area contributed by atoms with Crippen LogP contribution < -0.4 is 9.47 Å². The number of nitrogens with zero attached hydrogens (tertiary/aromatic N) is 2. The molecule has 80 valence electrons. The smallest absolute Gasteiger partial charge is 0.166 e. The molecule has 1 aromatic carbocycles. The number of aromatic nitrogens is 2. The molecule has 5 heteroatoms. The second-order valence-corrected chi connectivity index (χ2v) is 3.81. The van der Waals surface area contributed by atoms with Crippen LogP contribution in [0.25, 0.3) is 11.0 Å². The van der Waals surface area contributed by atoms with Crippen molar-refractivity contribution in [3.63, 3.8) is 0 Å². The van der Waals surface area contributed by atoms with Crippen LogP contribution in [0, 0.1) is 13.8 Å². The normalized spacial score (nSPS) is 10.7. The number of methoxy groups -OCH3 is 2. The molecule has 15 heavy (non-hydrogen) atoms. The fourth-order valence-electron chi connectivity index (χ4n) is 1.73. The zero-order valence-electron chi connectivity index (χ0n) is 9.12. The summed E-state index contributed by atoms with van der Waals surface area (Å²) >= 11 is 1.21. The first kappa shape index (κ1) is 10.2. The van der Waals surface area contributed by atoms with Gasteiger partial charge >= 0.3 is 0 Å². The molecule has 0 N–H and O–H groups in total. The van der Waals surface area contributed by atoms with Crippen molar-refractivity contribution in [2.75, 3.05) is 14.2 Å². The zero-order valence-corrected chi connectivity index (χ0v) is 9.94. The maximum atomic E-state index is 5.34. The van der Waals surface area contributed by atoms with Gasteiger partial charge in [-0.2, -0.15) is 8.75 Å². The van der Waals surface area contributed by atoms with Crippen LogP contribution in [-0.4, -0.2) is 23.0 Å². The molecule has 0 aliphatic rings. The Balaban J connectivity index is 2.90. The van der Waals surface area contributed by atoms with Gasteiger partial charge in [-0.25, -0.2) is 0 Å². The summed E-state index contributed by atoms with van der Waals surface area (Å²) in [7, 11) is 3.27. The Morgan fingerprint density at radius 3 is 1.60 bits per heavy atom. The number of rotatable bonds is 2. The van der Waals surface area contributed by atoms with E-state index in [0.29, 0.717) is 0 Å². The summed E-state index contributed by atoms with van der Waals surface area (Å²) in [4.78, 5) is 0. The van der Waals surface area contributed by atoms with E-state index in [-0.39, 0.29) is 0 Å². The van der Waals surface area contributed by atoms with Crippen LogP contribution in [0.1, 0.15) is 11.1 Å². The lowest BCUT2D eigenvalue weighted by Crippen LogP contribution is -1.97. The van der Waals surface area contributed by atoms with Crippen molar-refractivity contribution in [3.8, 4) is 11.5 Å². The average molecular weight is 224 g/mol. The summed E-state index contributed by atoms with van der Waals surface area (Å²) < 4.78 is 19.2. The third-order valence-corrected chi connectivity index (χ3v) is 3.02. The van der Waals surface area contributed by atoms with Crippen LogP contribution >= 0.6 is 11.7 Å². The molecule has 0 bridgehead atoms. The largest absolute Gasteiger partial charge is 0.492 e. The molecule has 0 unspecified atom stereocenters. The lowest BCUT2D eigenvalue weighted by molar-refractivity contribution is 0.352. The SMILES string of the molecule is COc1c(OC)c(C)c2nsnc2c1C. The quantitative estimate of drug-likeness (QED) is 0.785. The molecule has 0 radical (unpaired) electrons. The van der Waals surface area contributed by atoms with Gasteiger partial charge < -0.3 is 9.47 Å². The number of benzene rings is 1. The summed E-state index contributed by atoms with van der Waals surface area (Å²) in [5.41, 5.74) is 3.75. The first-order chi connectivity index (χ1) is 7.20. The van der Waals surface area contributed by atoms with Crippen molar-refractivity contribution >= 4 is 22.8 Å². The Morgan fingerprint density at radius 1 is 0.867 bits per heavy atom. The standard InChI is InChI=1S/C10H12N2O2S/c1-5-7-8(12-15-11-7)6(2)10(14-4)9(5)13-3/h1-4H3. The van der Waals surface area contributed by atoms with E-state index in [1.807, 2.05) is 13.8 Å². The maximum absolute atomic E-state index is 5.34. The maximum Gasteiger partial charge on any atom is 0.166 e. The van der Waals surface area contributed by atoms with E-state index >= 15 is 0 Å². The molecule has 2 aromatic rings. The van der Waals surface area contributed by atoms with Crippen molar-refractivity contribution in [1.29, 1.82) is 0 Å². The van der Waals surface area contributed by atoms with Gasteiger partial charge in [0.05, 0.1) is 25.9 Å². The van der Waals surface area contributed by atoms with Crippen molar-refractivity contribution in [2.24, 2.45) is 0 Å². The third kappa shape index (κ3) is 1.34. The minimum Gasteiger partial charge on any atom is -0.492 e. The van der Waals surface area contributed by atoms with Crippen molar-refractivity contribution < 1.29 is 9.47 Å². The van der Waals surface area contributed by atoms with E-state index in [9.17, 15) is 0 Å². The summed E-state index contributed by atoms with van der Waals surface area (Å²) in [5.74, 6) is 1.49. The molecule has 0 saturated carbocycles. The molecule has 0 spiro atoms. The summed E-state index contributed by atoms with van der Waals surface area (Å²) in [5, 5.41) is 0. The van der Waals surface area contributed by atoms with Gasteiger partial charge in [0.15, 0.2) is 11.5 Å². The highest BCUT2D eigenvalue weighted by Crippen LogP contribution is 2.39.